The lowest BCUT2D eigenvalue weighted by Gasteiger charge is -2.15. The van der Waals surface area contributed by atoms with Crippen LogP contribution in [0.1, 0.15) is 78.1 Å². The van der Waals surface area contributed by atoms with E-state index in [4.69, 9.17) is 4.74 Å². The number of ether oxygens (including phenoxy) is 1. The highest BCUT2D eigenvalue weighted by Gasteiger charge is 2.15. The molecule has 0 spiro atoms. The molecule has 158 valence electrons. The van der Waals surface area contributed by atoms with Crippen LogP contribution in [0.2, 0.25) is 0 Å². The third-order valence-corrected chi connectivity index (χ3v) is 4.94. The van der Waals surface area contributed by atoms with E-state index >= 15 is 0 Å². The molecule has 0 radical (unpaired) electrons. The van der Waals surface area contributed by atoms with Gasteiger partial charge < -0.3 is 19.5 Å². The fourth-order valence-electron chi connectivity index (χ4n) is 3.15. The molecule has 0 aromatic heterocycles. The number of carboxylic acid groups (broad SMARTS) is 1. The number of unbranched alkanes of at least 4 members (excludes halogenated alkanes) is 8. The second kappa shape index (κ2) is 15.0. The van der Waals surface area contributed by atoms with Gasteiger partial charge in [0.15, 0.2) is 13.1 Å². The molecule has 1 rings (SSSR count). The van der Waals surface area contributed by atoms with Crippen LogP contribution in [0.4, 0.5) is 0 Å². The zero-order chi connectivity index (χ0) is 20.6. The second-order valence-electron chi connectivity index (χ2n) is 7.40. The van der Waals surface area contributed by atoms with Gasteiger partial charge in [-0.1, -0.05) is 58.3 Å². The molecule has 1 aliphatic heterocycles. The molecule has 6 nitrogen and oxygen atoms in total. The summed E-state index contributed by atoms with van der Waals surface area (Å²) in [6.07, 6.45) is 11.5. The number of hydrogen-bond acceptors (Lipinski definition) is 5. The summed E-state index contributed by atoms with van der Waals surface area (Å²) < 4.78 is 7.00. The number of carbonyl (C=O) groups excluding carboxylic acids is 2. The molecule has 1 heterocycles. The molecule has 0 aliphatic carbocycles. The number of rotatable bonds is 15. The van der Waals surface area contributed by atoms with E-state index in [-0.39, 0.29) is 12.5 Å². The molecule has 0 aromatic rings. The monoisotopic (exact) mass is 392 g/mol. The lowest BCUT2D eigenvalue weighted by Crippen LogP contribution is -2.37. The zero-order valence-electron chi connectivity index (χ0n) is 17.6. The van der Waals surface area contributed by atoms with E-state index in [0.717, 1.165) is 12.8 Å². The van der Waals surface area contributed by atoms with E-state index < -0.39 is 5.97 Å². The molecule has 0 fully saturated rings. The Hall–Kier alpha value is -2.03. The van der Waals surface area contributed by atoms with E-state index in [2.05, 4.69) is 18.9 Å². The number of esters is 1. The zero-order valence-corrected chi connectivity index (χ0v) is 17.6. The maximum atomic E-state index is 11.8. The molecule has 28 heavy (non-hydrogen) atoms. The lowest BCUT2D eigenvalue weighted by atomic mass is 10.1. The van der Waals surface area contributed by atoms with Crippen molar-refractivity contribution in [3.8, 4) is 12.0 Å². The first kappa shape index (κ1) is 24.0. The SMILES string of the molecule is CCCCCCCCCCCC(=O)OCCN1C#CC(C)=[N+](CC(=O)[O-])CC1. The summed E-state index contributed by atoms with van der Waals surface area (Å²) in [7, 11) is 0. The summed E-state index contributed by atoms with van der Waals surface area (Å²) in [5, 5.41) is 10.8. The Labute approximate surface area is 169 Å². The number of nitrogens with zero attached hydrogens (tertiary/aromatic N) is 2. The molecule has 1 aliphatic rings. The van der Waals surface area contributed by atoms with Crippen LogP contribution in [0.25, 0.3) is 0 Å². The van der Waals surface area contributed by atoms with E-state index in [1.54, 1.807) is 11.5 Å². The molecule has 0 bridgehead atoms. The smallest absolute Gasteiger partial charge is 0.305 e. The quantitative estimate of drug-likeness (QED) is 0.184. The molecule has 0 saturated carbocycles. The van der Waals surface area contributed by atoms with Crippen molar-refractivity contribution in [3.63, 3.8) is 0 Å². The first-order valence-corrected chi connectivity index (χ1v) is 10.7. The summed E-state index contributed by atoms with van der Waals surface area (Å²) in [5.41, 5.74) is 0.717. The minimum Gasteiger partial charge on any atom is -0.544 e. The summed E-state index contributed by atoms with van der Waals surface area (Å²) >= 11 is 0. The maximum absolute atomic E-state index is 11.8. The molecular weight excluding hydrogens is 356 g/mol. The summed E-state index contributed by atoms with van der Waals surface area (Å²) in [4.78, 5) is 24.5. The van der Waals surface area contributed by atoms with Crippen molar-refractivity contribution in [3.05, 3.63) is 0 Å². The molecule has 0 amide bonds. The largest absolute Gasteiger partial charge is 0.544 e. The predicted molar refractivity (Wildman–Crippen MR) is 108 cm³/mol. The Bertz CT molecular complexity index is 575. The second-order valence-corrected chi connectivity index (χ2v) is 7.40. The van der Waals surface area contributed by atoms with Crippen molar-refractivity contribution in [2.75, 3.05) is 32.8 Å². The Morgan fingerprint density at radius 3 is 2.39 bits per heavy atom. The van der Waals surface area contributed by atoms with Crippen LogP contribution in [0.3, 0.4) is 0 Å². The fourth-order valence-corrected chi connectivity index (χ4v) is 3.15. The van der Waals surface area contributed by atoms with Gasteiger partial charge in [0.05, 0.1) is 13.1 Å². The summed E-state index contributed by atoms with van der Waals surface area (Å²) in [6.45, 7) is 5.87. The molecule has 0 saturated heterocycles. The van der Waals surface area contributed by atoms with Crippen LogP contribution in [-0.4, -0.2) is 59.9 Å². The van der Waals surface area contributed by atoms with Crippen molar-refractivity contribution in [1.29, 1.82) is 0 Å². The van der Waals surface area contributed by atoms with Crippen molar-refractivity contribution < 1.29 is 24.0 Å². The van der Waals surface area contributed by atoms with E-state index in [0.29, 0.717) is 38.4 Å². The predicted octanol–water partition coefficient (Wildman–Crippen LogP) is 1.95. The van der Waals surface area contributed by atoms with Crippen molar-refractivity contribution in [1.82, 2.24) is 4.90 Å². The van der Waals surface area contributed by atoms with Gasteiger partial charge in [0.2, 0.25) is 5.71 Å². The van der Waals surface area contributed by atoms with Crippen molar-refractivity contribution in [2.24, 2.45) is 0 Å². The minimum absolute atomic E-state index is 0.146. The van der Waals surface area contributed by atoms with Crippen LogP contribution < -0.4 is 5.11 Å². The van der Waals surface area contributed by atoms with Gasteiger partial charge in [-0.2, -0.15) is 0 Å². The number of aliphatic carboxylic acids is 1. The van der Waals surface area contributed by atoms with Gasteiger partial charge in [0, 0.05) is 25.3 Å². The van der Waals surface area contributed by atoms with Gasteiger partial charge in [0.1, 0.15) is 12.6 Å². The van der Waals surface area contributed by atoms with Gasteiger partial charge in [-0.25, -0.2) is 4.58 Å². The molecule has 0 atom stereocenters. The maximum Gasteiger partial charge on any atom is 0.305 e. The summed E-state index contributed by atoms with van der Waals surface area (Å²) in [5.74, 6) is 1.69. The van der Waals surface area contributed by atoms with E-state index in [1.165, 1.54) is 44.9 Å². The number of hydrogen-bond donors (Lipinski definition) is 0. The average molecular weight is 393 g/mol. The van der Waals surface area contributed by atoms with Gasteiger partial charge in [-0.3, -0.25) is 4.79 Å². The third-order valence-electron chi connectivity index (χ3n) is 4.94. The first-order valence-electron chi connectivity index (χ1n) is 10.7. The van der Waals surface area contributed by atoms with Crippen LogP contribution in [0, 0.1) is 12.0 Å². The molecule has 0 aromatic carbocycles. The lowest BCUT2D eigenvalue weighted by molar-refractivity contribution is -0.526. The fraction of sp³-hybridized carbons (Fsp3) is 0.773. The molecular formula is C22H36N2O4. The van der Waals surface area contributed by atoms with E-state index in [9.17, 15) is 14.7 Å². The van der Waals surface area contributed by atoms with E-state index in [1.807, 2.05) is 4.90 Å². The van der Waals surface area contributed by atoms with Gasteiger partial charge in [0.25, 0.3) is 0 Å². The minimum atomic E-state index is -1.11. The Kier molecular flexibility index (Phi) is 12.8. The van der Waals surface area contributed by atoms with Crippen LogP contribution in [0.5, 0.6) is 0 Å². The van der Waals surface area contributed by atoms with Crippen LogP contribution in [0.15, 0.2) is 0 Å². The van der Waals surface area contributed by atoms with Crippen LogP contribution in [-0.2, 0) is 14.3 Å². The van der Waals surface area contributed by atoms with Gasteiger partial charge in [-0.15, -0.1) is 0 Å². The van der Waals surface area contributed by atoms with Crippen molar-refractivity contribution in [2.45, 2.75) is 78.1 Å². The standard InChI is InChI=1S/C22H36N2O4/c1-3-4-5-6-7-8-9-10-11-12-22(27)28-18-17-23-14-13-20(2)24(16-15-23)19-21(25)26/h3-12,15-19H2,1-2H3. The molecule has 0 unspecified atom stereocenters. The normalized spacial score (nSPS) is 13.7. The highest BCUT2D eigenvalue weighted by Crippen LogP contribution is 2.10. The topological polar surface area (TPSA) is 72.7 Å². The Morgan fingerprint density at radius 1 is 1.11 bits per heavy atom. The van der Waals surface area contributed by atoms with Crippen LogP contribution >= 0.6 is 0 Å². The average Bonchev–Trinajstić information content (AvgIpc) is 2.82. The number of carboxylic acids is 1. The van der Waals surface area contributed by atoms with Gasteiger partial charge >= 0.3 is 5.97 Å². The Morgan fingerprint density at radius 2 is 1.75 bits per heavy atom. The Balaban J connectivity index is 2.07. The highest BCUT2D eigenvalue weighted by molar-refractivity contribution is 5.94. The van der Waals surface area contributed by atoms with Crippen molar-refractivity contribution >= 4 is 17.7 Å². The molecule has 6 heteroatoms. The highest BCUT2D eigenvalue weighted by atomic mass is 16.5. The summed E-state index contributed by atoms with van der Waals surface area (Å²) in [6, 6.07) is 2.99. The molecule has 0 N–H and O–H groups in total. The number of carbonyl (C=O) groups is 2. The first-order chi connectivity index (χ1) is 13.5. The van der Waals surface area contributed by atoms with Gasteiger partial charge in [-0.05, 0) is 6.42 Å². The third kappa shape index (κ3) is 11.6.